The average molecular weight is 219 g/mol. The molecular formula is C14H18FN. The van der Waals surface area contributed by atoms with Gasteiger partial charge in [0, 0.05) is 19.6 Å². The monoisotopic (exact) mass is 219 g/mol. The van der Waals surface area contributed by atoms with Gasteiger partial charge in [-0.2, -0.15) is 0 Å². The van der Waals surface area contributed by atoms with E-state index in [0.29, 0.717) is 0 Å². The number of nitrogens with zero attached hydrogens (tertiary/aromatic N) is 1. The Hall–Kier alpha value is -0.890. The number of benzene rings is 1. The third-order valence-corrected chi connectivity index (χ3v) is 4.12. The fraction of sp³-hybridized carbons (Fsp3) is 0.571. The molecule has 86 valence electrons. The minimum atomic E-state index is -0.137. The molecule has 1 heterocycles. The van der Waals surface area contributed by atoms with E-state index in [4.69, 9.17) is 0 Å². The predicted octanol–water partition coefficient (Wildman–Crippen LogP) is 3.06. The smallest absolute Gasteiger partial charge is 0.123 e. The second-order valence-electron chi connectivity index (χ2n) is 5.27. The van der Waals surface area contributed by atoms with Crippen LogP contribution in [-0.2, 0) is 6.54 Å². The Balaban J connectivity index is 1.62. The molecule has 1 aromatic rings. The summed E-state index contributed by atoms with van der Waals surface area (Å²) in [6.07, 6.45) is 4.27. The SMILES string of the molecule is Fc1ccc(CN2CC3CCCC3C2)cc1. The summed E-state index contributed by atoms with van der Waals surface area (Å²) in [7, 11) is 0. The maximum atomic E-state index is 12.8. The van der Waals surface area contributed by atoms with Crippen molar-refractivity contribution in [3.63, 3.8) is 0 Å². The molecule has 1 aromatic carbocycles. The Morgan fingerprint density at radius 2 is 1.69 bits per heavy atom. The third-order valence-electron chi connectivity index (χ3n) is 4.12. The molecule has 1 nitrogen and oxygen atoms in total. The van der Waals surface area contributed by atoms with Gasteiger partial charge in [-0.3, -0.25) is 4.90 Å². The maximum absolute atomic E-state index is 12.8. The fourth-order valence-electron chi connectivity index (χ4n) is 3.31. The summed E-state index contributed by atoms with van der Waals surface area (Å²) in [5, 5.41) is 0. The molecule has 0 radical (unpaired) electrons. The fourth-order valence-corrected chi connectivity index (χ4v) is 3.31. The number of fused-ring (bicyclic) bond motifs is 1. The van der Waals surface area contributed by atoms with Gasteiger partial charge in [0.15, 0.2) is 0 Å². The first-order valence-corrected chi connectivity index (χ1v) is 6.28. The number of halogens is 1. The van der Waals surface area contributed by atoms with Crippen molar-refractivity contribution in [1.29, 1.82) is 0 Å². The predicted molar refractivity (Wildman–Crippen MR) is 62.5 cm³/mol. The van der Waals surface area contributed by atoms with E-state index in [1.807, 2.05) is 12.1 Å². The zero-order valence-corrected chi connectivity index (χ0v) is 9.53. The van der Waals surface area contributed by atoms with Gasteiger partial charge in [-0.25, -0.2) is 4.39 Å². The van der Waals surface area contributed by atoms with Gasteiger partial charge in [0.1, 0.15) is 5.82 Å². The lowest BCUT2D eigenvalue weighted by Crippen LogP contribution is -2.20. The summed E-state index contributed by atoms with van der Waals surface area (Å²) in [6, 6.07) is 6.94. The normalized spacial score (nSPS) is 29.6. The van der Waals surface area contributed by atoms with E-state index in [9.17, 15) is 4.39 Å². The lowest BCUT2D eigenvalue weighted by molar-refractivity contribution is 0.303. The first-order chi connectivity index (χ1) is 7.81. The van der Waals surface area contributed by atoms with Gasteiger partial charge in [-0.1, -0.05) is 18.6 Å². The quantitative estimate of drug-likeness (QED) is 0.739. The van der Waals surface area contributed by atoms with Crippen molar-refractivity contribution in [3.05, 3.63) is 35.6 Å². The first-order valence-electron chi connectivity index (χ1n) is 6.28. The van der Waals surface area contributed by atoms with Crippen LogP contribution in [0, 0.1) is 17.7 Å². The highest BCUT2D eigenvalue weighted by Gasteiger charge is 2.35. The highest BCUT2D eigenvalue weighted by Crippen LogP contribution is 2.38. The Bertz CT molecular complexity index is 348. The maximum Gasteiger partial charge on any atom is 0.123 e. The summed E-state index contributed by atoms with van der Waals surface area (Å²) in [6.45, 7) is 3.50. The number of hydrogen-bond donors (Lipinski definition) is 0. The first kappa shape index (κ1) is 10.3. The Morgan fingerprint density at radius 1 is 1.06 bits per heavy atom. The van der Waals surface area contributed by atoms with E-state index in [1.54, 1.807) is 12.1 Å². The summed E-state index contributed by atoms with van der Waals surface area (Å²) >= 11 is 0. The Labute approximate surface area is 96.3 Å². The molecule has 0 N–H and O–H groups in total. The van der Waals surface area contributed by atoms with Crippen molar-refractivity contribution < 1.29 is 4.39 Å². The Kier molecular flexibility index (Phi) is 2.68. The van der Waals surface area contributed by atoms with Crippen molar-refractivity contribution in [2.24, 2.45) is 11.8 Å². The molecule has 0 aromatic heterocycles. The molecule has 2 heteroatoms. The van der Waals surface area contributed by atoms with Crippen LogP contribution < -0.4 is 0 Å². The summed E-state index contributed by atoms with van der Waals surface area (Å²) < 4.78 is 12.8. The number of hydrogen-bond acceptors (Lipinski definition) is 1. The molecule has 1 aliphatic heterocycles. The minimum absolute atomic E-state index is 0.137. The van der Waals surface area contributed by atoms with Gasteiger partial charge in [-0.15, -0.1) is 0 Å². The van der Waals surface area contributed by atoms with Gasteiger partial charge in [-0.05, 0) is 42.4 Å². The highest BCUT2D eigenvalue weighted by molar-refractivity contribution is 5.16. The zero-order valence-electron chi connectivity index (χ0n) is 9.53. The standard InChI is InChI=1S/C14H18FN/c15-14-6-4-11(5-7-14)8-16-9-12-2-1-3-13(12)10-16/h4-7,12-13H,1-3,8-10H2. The summed E-state index contributed by atoms with van der Waals surface area (Å²) in [5.74, 6) is 1.75. The largest absolute Gasteiger partial charge is 0.299 e. The second-order valence-corrected chi connectivity index (χ2v) is 5.27. The molecule has 1 saturated heterocycles. The molecule has 2 unspecified atom stereocenters. The molecule has 3 rings (SSSR count). The van der Waals surface area contributed by atoms with Crippen LogP contribution in [-0.4, -0.2) is 18.0 Å². The van der Waals surface area contributed by atoms with Gasteiger partial charge in [0.05, 0.1) is 0 Å². The van der Waals surface area contributed by atoms with Crippen LogP contribution in [0.1, 0.15) is 24.8 Å². The van der Waals surface area contributed by atoms with Crippen LogP contribution in [0.4, 0.5) is 4.39 Å². The van der Waals surface area contributed by atoms with E-state index in [2.05, 4.69) is 4.90 Å². The number of rotatable bonds is 2. The molecule has 0 spiro atoms. The van der Waals surface area contributed by atoms with E-state index in [0.717, 1.165) is 18.4 Å². The molecule has 16 heavy (non-hydrogen) atoms. The highest BCUT2D eigenvalue weighted by atomic mass is 19.1. The van der Waals surface area contributed by atoms with Crippen LogP contribution >= 0.6 is 0 Å². The van der Waals surface area contributed by atoms with E-state index in [-0.39, 0.29) is 5.82 Å². The zero-order chi connectivity index (χ0) is 11.0. The van der Waals surface area contributed by atoms with Gasteiger partial charge < -0.3 is 0 Å². The van der Waals surface area contributed by atoms with Gasteiger partial charge in [0.25, 0.3) is 0 Å². The molecule has 0 bridgehead atoms. The molecule has 1 aliphatic carbocycles. The topological polar surface area (TPSA) is 3.24 Å². The van der Waals surface area contributed by atoms with E-state index < -0.39 is 0 Å². The van der Waals surface area contributed by atoms with Crippen LogP contribution in [0.25, 0.3) is 0 Å². The molecule has 2 fully saturated rings. The average Bonchev–Trinajstić information content (AvgIpc) is 2.81. The van der Waals surface area contributed by atoms with Gasteiger partial charge >= 0.3 is 0 Å². The van der Waals surface area contributed by atoms with Gasteiger partial charge in [0.2, 0.25) is 0 Å². The van der Waals surface area contributed by atoms with E-state index >= 15 is 0 Å². The van der Waals surface area contributed by atoms with Crippen LogP contribution in [0.3, 0.4) is 0 Å². The van der Waals surface area contributed by atoms with Crippen molar-refractivity contribution in [1.82, 2.24) is 4.90 Å². The Morgan fingerprint density at radius 3 is 2.31 bits per heavy atom. The van der Waals surface area contributed by atoms with Crippen LogP contribution in [0.15, 0.2) is 24.3 Å². The van der Waals surface area contributed by atoms with Crippen molar-refractivity contribution in [2.45, 2.75) is 25.8 Å². The van der Waals surface area contributed by atoms with Crippen molar-refractivity contribution in [3.8, 4) is 0 Å². The second kappa shape index (κ2) is 4.17. The summed E-state index contributed by atoms with van der Waals surface area (Å²) in [4.78, 5) is 2.53. The van der Waals surface area contributed by atoms with Crippen LogP contribution in [0.2, 0.25) is 0 Å². The lowest BCUT2D eigenvalue weighted by Gasteiger charge is -2.16. The van der Waals surface area contributed by atoms with Crippen LogP contribution in [0.5, 0.6) is 0 Å². The van der Waals surface area contributed by atoms with Crippen molar-refractivity contribution >= 4 is 0 Å². The molecule has 0 amide bonds. The molecular weight excluding hydrogens is 201 g/mol. The third kappa shape index (κ3) is 1.99. The molecule has 2 atom stereocenters. The molecule has 2 aliphatic rings. The summed E-state index contributed by atoms with van der Waals surface area (Å²) in [5.41, 5.74) is 1.24. The van der Waals surface area contributed by atoms with E-state index in [1.165, 1.54) is 37.9 Å². The van der Waals surface area contributed by atoms with Crippen molar-refractivity contribution in [2.75, 3.05) is 13.1 Å². The molecule has 1 saturated carbocycles. The minimum Gasteiger partial charge on any atom is -0.299 e. The number of likely N-dealkylation sites (tertiary alicyclic amines) is 1. The lowest BCUT2D eigenvalue weighted by atomic mass is 10.0.